The zero-order chi connectivity index (χ0) is 13.4. The van der Waals surface area contributed by atoms with Gasteiger partial charge in [-0.1, -0.05) is 34.5 Å². The molecule has 8 heteroatoms. The van der Waals surface area contributed by atoms with Crippen molar-refractivity contribution in [3.63, 3.8) is 0 Å². The SMILES string of the molecule is Cc1nnc2sc(COc3ccc(Cl)cc3Cl)nn12. The van der Waals surface area contributed by atoms with Gasteiger partial charge in [-0.3, -0.25) is 0 Å². The molecule has 0 aliphatic heterocycles. The van der Waals surface area contributed by atoms with Crippen molar-refractivity contribution in [3.05, 3.63) is 39.1 Å². The average molecular weight is 315 g/mol. The molecule has 0 aliphatic rings. The Kier molecular flexibility index (Phi) is 3.30. The summed E-state index contributed by atoms with van der Waals surface area (Å²) < 4.78 is 7.30. The maximum absolute atomic E-state index is 6.02. The van der Waals surface area contributed by atoms with Gasteiger partial charge in [-0.15, -0.1) is 10.2 Å². The Hall–Kier alpha value is -1.37. The number of hydrogen-bond acceptors (Lipinski definition) is 5. The van der Waals surface area contributed by atoms with Crippen molar-refractivity contribution < 1.29 is 4.74 Å². The van der Waals surface area contributed by atoms with Crippen LogP contribution >= 0.6 is 34.5 Å². The number of fused-ring (bicyclic) bond motifs is 1. The normalized spacial score (nSPS) is 11.1. The summed E-state index contributed by atoms with van der Waals surface area (Å²) >= 11 is 13.3. The monoisotopic (exact) mass is 314 g/mol. The van der Waals surface area contributed by atoms with Gasteiger partial charge in [0.25, 0.3) is 0 Å². The highest BCUT2D eigenvalue weighted by atomic mass is 35.5. The number of halogens is 2. The second kappa shape index (κ2) is 4.96. The average Bonchev–Trinajstić information content (AvgIpc) is 2.91. The van der Waals surface area contributed by atoms with Crippen molar-refractivity contribution in [3.8, 4) is 5.75 Å². The summed E-state index contributed by atoms with van der Waals surface area (Å²) in [7, 11) is 0. The number of rotatable bonds is 3. The molecule has 0 spiro atoms. The summed E-state index contributed by atoms with van der Waals surface area (Å²) in [4.78, 5) is 0.748. The van der Waals surface area contributed by atoms with Crippen molar-refractivity contribution in [1.82, 2.24) is 19.8 Å². The first-order valence-electron chi connectivity index (χ1n) is 5.39. The maximum Gasteiger partial charge on any atom is 0.234 e. The zero-order valence-electron chi connectivity index (χ0n) is 9.80. The Morgan fingerprint density at radius 3 is 2.89 bits per heavy atom. The molecule has 1 aromatic carbocycles. The Bertz CT molecular complexity index is 739. The fourth-order valence-electron chi connectivity index (χ4n) is 1.54. The molecule has 0 radical (unpaired) electrons. The van der Waals surface area contributed by atoms with E-state index < -0.39 is 0 Å². The third-order valence-electron chi connectivity index (χ3n) is 2.43. The lowest BCUT2D eigenvalue weighted by Crippen LogP contribution is -1.97. The molecule has 0 saturated carbocycles. The van der Waals surface area contributed by atoms with Gasteiger partial charge in [0.2, 0.25) is 4.96 Å². The lowest BCUT2D eigenvalue weighted by Gasteiger charge is -2.05. The molecule has 0 saturated heterocycles. The predicted octanol–water partition coefficient (Wildman–Crippen LogP) is 3.38. The molecule has 0 atom stereocenters. The zero-order valence-corrected chi connectivity index (χ0v) is 12.1. The van der Waals surface area contributed by atoms with E-state index in [1.807, 2.05) is 6.92 Å². The molecule has 0 aliphatic carbocycles. The Morgan fingerprint density at radius 2 is 2.16 bits per heavy atom. The van der Waals surface area contributed by atoms with Crippen LogP contribution in [0.5, 0.6) is 5.75 Å². The van der Waals surface area contributed by atoms with E-state index in [2.05, 4.69) is 15.3 Å². The van der Waals surface area contributed by atoms with Gasteiger partial charge >= 0.3 is 0 Å². The molecule has 2 aromatic heterocycles. The lowest BCUT2D eigenvalue weighted by atomic mass is 10.3. The molecule has 3 rings (SSSR count). The van der Waals surface area contributed by atoms with Gasteiger partial charge < -0.3 is 4.74 Å². The van der Waals surface area contributed by atoms with Gasteiger partial charge in [-0.25, -0.2) is 0 Å². The minimum Gasteiger partial charge on any atom is -0.485 e. The third-order valence-corrected chi connectivity index (χ3v) is 3.84. The first kappa shape index (κ1) is 12.7. The Balaban J connectivity index is 1.78. The lowest BCUT2D eigenvalue weighted by molar-refractivity contribution is 0.304. The van der Waals surface area contributed by atoms with Crippen molar-refractivity contribution in [2.45, 2.75) is 13.5 Å². The molecule has 0 fully saturated rings. The van der Waals surface area contributed by atoms with Gasteiger partial charge in [0.1, 0.15) is 12.4 Å². The van der Waals surface area contributed by atoms with E-state index in [9.17, 15) is 0 Å². The second-order valence-corrected chi connectivity index (χ2v) is 5.68. The fourth-order valence-corrected chi connectivity index (χ4v) is 2.80. The van der Waals surface area contributed by atoms with Crippen LogP contribution in [0.25, 0.3) is 4.96 Å². The molecule has 3 aromatic rings. The van der Waals surface area contributed by atoms with E-state index in [1.165, 1.54) is 11.3 Å². The van der Waals surface area contributed by atoms with Gasteiger partial charge in [-0.05, 0) is 25.1 Å². The summed E-state index contributed by atoms with van der Waals surface area (Å²) in [6.07, 6.45) is 0. The van der Waals surface area contributed by atoms with Crippen LogP contribution in [0.15, 0.2) is 18.2 Å². The molecule has 98 valence electrons. The smallest absolute Gasteiger partial charge is 0.234 e. The molecule has 19 heavy (non-hydrogen) atoms. The Labute approximate surface area is 122 Å². The van der Waals surface area contributed by atoms with E-state index in [0.29, 0.717) is 22.4 Å². The summed E-state index contributed by atoms with van der Waals surface area (Å²) in [5.74, 6) is 1.33. The topological polar surface area (TPSA) is 52.3 Å². The molecular formula is C11H8Cl2N4OS. The fraction of sp³-hybridized carbons (Fsp3) is 0.182. The molecular weight excluding hydrogens is 307 g/mol. The minimum absolute atomic E-state index is 0.328. The number of benzene rings is 1. The minimum atomic E-state index is 0.328. The molecule has 5 nitrogen and oxygen atoms in total. The third kappa shape index (κ3) is 2.51. The van der Waals surface area contributed by atoms with Crippen molar-refractivity contribution in [2.24, 2.45) is 0 Å². The van der Waals surface area contributed by atoms with E-state index in [1.54, 1.807) is 22.7 Å². The van der Waals surface area contributed by atoms with Gasteiger partial charge in [0, 0.05) is 5.02 Å². The van der Waals surface area contributed by atoms with Crippen LogP contribution in [0, 0.1) is 6.92 Å². The number of hydrogen-bond donors (Lipinski definition) is 0. The van der Waals surface area contributed by atoms with Gasteiger partial charge in [0.15, 0.2) is 10.8 Å². The summed E-state index contributed by atoms with van der Waals surface area (Å²) in [6, 6.07) is 5.10. The first-order valence-corrected chi connectivity index (χ1v) is 6.96. The van der Waals surface area contributed by atoms with Gasteiger partial charge in [-0.2, -0.15) is 9.61 Å². The standard InChI is InChI=1S/C11H8Cl2N4OS/c1-6-14-15-11-17(6)16-10(19-11)5-18-9-3-2-7(12)4-8(9)13/h2-4H,5H2,1H3. The number of aryl methyl sites for hydroxylation is 1. The predicted molar refractivity (Wildman–Crippen MR) is 74.2 cm³/mol. The van der Waals surface area contributed by atoms with E-state index in [4.69, 9.17) is 27.9 Å². The maximum atomic E-state index is 6.02. The van der Waals surface area contributed by atoms with Gasteiger partial charge in [0.05, 0.1) is 5.02 Å². The summed E-state index contributed by atoms with van der Waals surface area (Å²) in [5.41, 5.74) is 0. The largest absolute Gasteiger partial charge is 0.485 e. The summed E-state index contributed by atoms with van der Waals surface area (Å²) in [6.45, 7) is 2.18. The van der Waals surface area contributed by atoms with Crippen LogP contribution in [0.2, 0.25) is 10.0 Å². The molecule has 0 bridgehead atoms. The quantitative estimate of drug-likeness (QED) is 0.743. The highest BCUT2D eigenvalue weighted by Gasteiger charge is 2.10. The van der Waals surface area contributed by atoms with Crippen LogP contribution in [-0.2, 0) is 6.61 Å². The molecule has 0 N–H and O–H groups in total. The van der Waals surface area contributed by atoms with E-state index in [0.717, 1.165) is 15.8 Å². The molecule has 0 amide bonds. The van der Waals surface area contributed by atoms with Crippen molar-refractivity contribution in [2.75, 3.05) is 0 Å². The number of ether oxygens (including phenoxy) is 1. The number of aromatic nitrogens is 4. The van der Waals surface area contributed by atoms with Crippen molar-refractivity contribution >= 4 is 39.5 Å². The first-order chi connectivity index (χ1) is 9.13. The van der Waals surface area contributed by atoms with Crippen LogP contribution in [0.4, 0.5) is 0 Å². The molecule has 0 unspecified atom stereocenters. The van der Waals surface area contributed by atoms with E-state index >= 15 is 0 Å². The van der Waals surface area contributed by atoms with Crippen molar-refractivity contribution in [1.29, 1.82) is 0 Å². The highest BCUT2D eigenvalue weighted by molar-refractivity contribution is 7.16. The second-order valence-electron chi connectivity index (χ2n) is 3.80. The highest BCUT2D eigenvalue weighted by Crippen LogP contribution is 2.28. The Morgan fingerprint density at radius 1 is 1.32 bits per heavy atom. The van der Waals surface area contributed by atoms with Crippen LogP contribution in [-0.4, -0.2) is 19.8 Å². The van der Waals surface area contributed by atoms with E-state index in [-0.39, 0.29) is 0 Å². The van der Waals surface area contributed by atoms with Crippen LogP contribution in [0.3, 0.4) is 0 Å². The molecule has 2 heterocycles. The summed E-state index contributed by atoms with van der Waals surface area (Å²) in [5, 5.41) is 14.1. The van der Waals surface area contributed by atoms with Crippen LogP contribution in [0.1, 0.15) is 10.8 Å². The van der Waals surface area contributed by atoms with Crippen LogP contribution < -0.4 is 4.74 Å². The number of nitrogens with zero attached hydrogens (tertiary/aromatic N) is 4.